The van der Waals surface area contributed by atoms with Crippen LogP contribution in [0.2, 0.25) is 0 Å². The van der Waals surface area contributed by atoms with Gasteiger partial charge in [0.05, 0.1) is 17.1 Å². The number of primary amides is 1. The number of nitrogens with one attached hydrogen (secondary N) is 1. The van der Waals surface area contributed by atoms with Gasteiger partial charge in [0.25, 0.3) is 5.89 Å². The van der Waals surface area contributed by atoms with E-state index in [4.69, 9.17) is 10.3 Å². The van der Waals surface area contributed by atoms with Crippen LogP contribution in [0, 0.1) is 5.82 Å². The second-order valence-corrected chi connectivity index (χ2v) is 10.3. The quantitative estimate of drug-likeness (QED) is 0.490. The zero-order chi connectivity index (χ0) is 25.2. The minimum Gasteiger partial charge on any atom is -0.407 e. The van der Waals surface area contributed by atoms with E-state index in [1.165, 1.54) is 12.1 Å². The average molecular weight is 504 g/mol. The number of rotatable bonds is 7. The van der Waals surface area contributed by atoms with Crippen LogP contribution in [0.3, 0.4) is 0 Å². The normalized spacial score (nSPS) is 16.2. The van der Waals surface area contributed by atoms with Gasteiger partial charge in [0.2, 0.25) is 15.8 Å². The fourth-order valence-corrected chi connectivity index (χ4v) is 4.63. The van der Waals surface area contributed by atoms with Gasteiger partial charge in [-0.15, -0.1) is 0 Å². The molecule has 186 valence electrons. The number of ether oxygens (including phenoxy) is 1. The standard InChI is InChI=1S/C23H26FN5O5S/c1-3-35(31,32)28-18-13-16(7-9-19(18)29-11-5-4-6-14(29)2)22-26-21(27-34-22)15-8-10-20(17(24)12-15)33-23(25)30/h7-10,12-14,28H,3-6,11H2,1-2H3,(H2,25,30). The summed E-state index contributed by atoms with van der Waals surface area (Å²) in [5, 5.41) is 3.90. The van der Waals surface area contributed by atoms with Crippen molar-refractivity contribution in [3.8, 4) is 28.6 Å². The van der Waals surface area contributed by atoms with E-state index in [0.717, 1.165) is 37.6 Å². The molecule has 2 aromatic carbocycles. The number of nitrogens with two attached hydrogens (primary N) is 1. The Bertz CT molecular complexity index is 1340. The van der Waals surface area contributed by atoms with Gasteiger partial charge in [0.1, 0.15) is 0 Å². The van der Waals surface area contributed by atoms with Crippen LogP contribution in [0.25, 0.3) is 22.8 Å². The Labute approximate surface area is 202 Å². The highest BCUT2D eigenvalue weighted by atomic mass is 32.2. The molecule has 3 N–H and O–H groups in total. The highest BCUT2D eigenvalue weighted by Crippen LogP contribution is 2.36. The van der Waals surface area contributed by atoms with Crippen molar-refractivity contribution in [1.29, 1.82) is 0 Å². The fourth-order valence-electron chi connectivity index (χ4n) is 3.99. The summed E-state index contributed by atoms with van der Waals surface area (Å²) in [5.74, 6) is -0.968. The first-order valence-corrected chi connectivity index (χ1v) is 12.8. The molecule has 12 heteroatoms. The molecule has 1 amide bonds. The van der Waals surface area contributed by atoms with E-state index < -0.39 is 21.9 Å². The number of carbonyl (C=O) groups is 1. The number of piperidine rings is 1. The minimum absolute atomic E-state index is 0.0715. The maximum atomic E-state index is 14.2. The number of nitrogens with zero attached hydrogens (tertiary/aromatic N) is 3. The van der Waals surface area contributed by atoms with Gasteiger partial charge in [-0.05, 0) is 69.5 Å². The van der Waals surface area contributed by atoms with Crippen molar-refractivity contribution in [3.05, 3.63) is 42.2 Å². The minimum atomic E-state index is -3.54. The topological polar surface area (TPSA) is 141 Å². The van der Waals surface area contributed by atoms with E-state index in [-0.39, 0.29) is 29.3 Å². The van der Waals surface area contributed by atoms with Crippen LogP contribution in [0.5, 0.6) is 5.75 Å². The van der Waals surface area contributed by atoms with E-state index in [1.807, 2.05) is 6.07 Å². The number of amides is 1. The second-order valence-electron chi connectivity index (χ2n) is 8.27. The number of halogens is 1. The summed E-state index contributed by atoms with van der Waals surface area (Å²) in [6.07, 6.45) is 2.05. The predicted molar refractivity (Wildman–Crippen MR) is 129 cm³/mol. The Kier molecular flexibility index (Phi) is 6.92. The molecule has 4 rings (SSSR count). The Morgan fingerprint density at radius 3 is 2.71 bits per heavy atom. The molecule has 0 aliphatic carbocycles. The highest BCUT2D eigenvalue weighted by Gasteiger charge is 2.24. The summed E-state index contributed by atoms with van der Waals surface area (Å²) in [7, 11) is -3.54. The van der Waals surface area contributed by atoms with E-state index in [9.17, 15) is 17.6 Å². The number of aromatic nitrogens is 2. The lowest BCUT2D eigenvalue weighted by Crippen LogP contribution is -2.38. The first-order valence-electron chi connectivity index (χ1n) is 11.2. The molecule has 1 fully saturated rings. The fraction of sp³-hybridized carbons (Fsp3) is 0.348. The summed E-state index contributed by atoms with van der Waals surface area (Å²) in [4.78, 5) is 17.4. The Morgan fingerprint density at radius 2 is 2.03 bits per heavy atom. The van der Waals surface area contributed by atoms with Crippen molar-refractivity contribution in [2.75, 3.05) is 21.9 Å². The molecule has 1 unspecified atom stereocenters. The molecule has 0 bridgehead atoms. The number of benzene rings is 2. The van der Waals surface area contributed by atoms with Gasteiger partial charge < -0.3 is 19.9 Å². The highest BCUT2D eigenvalue weighted by molar-refractivity contribution is 7.92. The number of sulfonamides is 1. The van der Waals surface area contributed by atoms with Gasteiger partial charge in [-0.25, -0.2) is 17.6 Å². The van der Waals surface area contributed by atoms with Crippen molar-refractivity contribution in [1.82, 2.24) is 10.1 Å². The molecular formula is C23H26FN5O5S. The van der Waals surface area contributed by atoms with E-state index in [2.05, 4.69) is 31.4 Å². The van der Waals surface area contributed by atoms with Gasteiger partial charge in [-0.1, -0.05) is 5.16 Å². The molecule has 1 aliphatic heterocycles. The van der Waals surface area contributed by atoms with Crippen molar-refractivity contribution in [3.63, 3.8) is 0 Å². The molecule has 3 aromatic rings. The third-order valence-electron chi connectivity index (χ3n) is 5.83. The zero-order valence-corrected chi connectivity index (χ0v) is 20.1. The predicted octanol–water partition coefficient (Wildman–Crippen LogP) is 4.14. The molecule has 1 atom stereocenters. The monoisotopic (exact) mass is 503 g/mol. The van der Waals surface area contributed by atoms with Gasteiger partial charge in [0.15, 0.2) is 11.6 Å². The van der Waals surface area contributed by atoms with Crippen molar-refractivity contribution in [2.45, 2.75) is 39.2 Å². The third kappa shape index (κ3) is 5.53. The lowest BCUT2D eigenvalue weighted by Gasteiger charge is -2.36. The summed E-state index contributed by atoms with van der Waals surface area (Å²) in [6.45, 7) is 4.51. The third-order valence-corrected chi connectivity index (χ3v) is 7.12. The van der Waals surface area contributed by atoms with Gasteiger partial charge in [-0.2, -0.15) is 4.98 Å². The molecule has 2 heterocycles. The molecule has 1 aliphatic rings. The van der Waals surface area contributed by atoms with Crippen molar-refractivity contribution < 1.29 is 26.9 Å². The molecule has 0 radical (unpaired) electrons. The molecule has 1 saturated heterocycles. The van der Waals surface area contributed by atoms with Crippen LogP contribution in [-0.4, -0.2) is 43.0 Å². The van der Waals surface area contributed by atoms with Crippen molar-refractivity contribution in [2.24, 2.45) is 5.73 Å². The average Bonchev–Trinajstić information content (AvgIpc) is 3.31. The maximum Gasteiger partial charge on any atom is 0.410 e. The van der Waals surface area contributed by atoms with Crippen LogP contribution in [0.1, 0.15) is 33.1 Å². The SMILES string of the molecule is CCS(=O)(=O)Nc1cc(-c2nc(-c3ccc(OC(N)=O)c(F)c3)no2)ccc1N1CCCCC1C. The van der Waals surface area contributed by atoms with Gasteiger partial charge in [-0.3, -0.25) is 4.72 Å². The molecule has 10 nitrogen and oxygen atoms in total. The second kappa shape index (κ2) is 9.90. The first-order chi connectivity index (χ1) is 16.7. The molecular weight excluding hydrogens is 477 g/mol. The molecule has 0 saturated carbocycles. The summed E-state index contributed by atoms with van der Waals surface area (Å²) >= 11 is 0. The smallest absolute Gasteiger partial charge is 0.407 e. The summed E-state index contributed by atoms with van der Waals surface area (Å²) in [6, 6.07) is 9.33. The first kappa shape index (κ1) is 24.5. The molecule has 35 heavy (non-hydrogen) atoms. The number of carbonyl (C=O) groups excluding carboxylic acids is 1. The van der Waals surface area contributed by atoms with Crippen LogP contribution >= 0.6 is 0 Å². The number of anilines is 2. The molecule has 0 spiro atoms. The number of hydrogen-bond donors (Lipinski definition) is 2. The maximum absolute atomic E-state index is 14.2. The van der Waals surface area contributed by atoms with Gasteiger partial charge in [0, 0.05) is 23.7 Å². The Morgan fingerprint density at radius 1 is 1.26 bits per heavy atom. The lowest BCUT2D eigenvalue weighted by molar-refractivity contribution is 0.208. The zero-order valence-electron chi connectivity index (χ0n) is 19.3. The van der Waals surface area contributed by atoms with Crippen LogP contribution in [0.15, 0.2) is 40.9 Å². The van der Waals surface area contributed by atoms with Crippen LogP contribution in [0.4, 0.5) is 20.6 Å². The molecule has 1 aromatic heterocycles. The van der Waals surface area contributed by atoms with E-state index in [0.29, 0.717) is 16.8 Å². The van der Waals surface area contributed by atoms with Crippen LogP contribution in [-0.2, 0) is 10.0 Å². The van der Waals surface area contributed by atoms with Crippen LogP contribution < -0.4 is 20.1 Å². The van der Waals surface area contributed by atoms with E-state index >= 15 is 0 Å². The largest absolute Gasteiger partial charge is 0.410 e. The Hall–Kier alpha value is -3.67. The Balaban J connectivity index is 1.68. The number of hydrogen-bond acceptors (Lipinski definition) is 8. The lowest BCUT2D eigenvalue weighted by atomic mass is 10.0. The van der Waals surface area contributed by atoms with Gasteiger partial charge >= 0.3 is 6.09 Å². The summed E-state index contributed by atoms with van der Waals surface area (Å²) < 4.78 is 51.7. The summed E-state index contributed by atoms with van der Waals surface area (Å²) in [5.41, 5.74) is 6.92. The van der Waals surface area contributed by atoms with Crippen molar-refractivity contribution >= 4 is 27.5 Å². The van der Waals surface area contributed by atoms with E-state index in [1.54, 1.807) is 19.1 Å².